The quantitative estimate of drug-likeness (QED) is 0.422. The first-order valence-electron chi connectivity index (χ1n) is 10.8. The van der Waals surface area contributed by atoms with Crippen LogP contribution in [0.5, 0.6) is 0 Å². The summed E-state index contributed by atoms with van der Waals surface area (Å²) >= 11 is 0. The molecule has 2 heterocycles. The van der Waals surface area contributed by atoms with Gasteiger partial charge in [0.2, 0.25) is 0 Å². The van der Waals surface area contributed by atoms with Gasteiger partial charge in [0.15, 0.2) is 5.84 Å². The fourth-order valence-electron chi connectivity index (χ4n) is 3.87. The highest BCUT2D eigenvalue weighted by atomic mass is 19.1. The van der Waals surface area contributed by atoms with E-state index in [0.717, 1.165) is 6.42 Å². The van der Waals surface area contributed by atoms with E-state index in [1.165, 1.54) is 5.01 Å². The van der Waals surface area contributed by atoms with Crippen LogP contribution in [-0.2, 0) is 9.53 Å². The number of methoxy groups -OCH3 is 1. The first kappa shape index (κ1) is 22.7. The minimum Gasteiger partial charge on any atom is -0.379 e. The zero-order valence-electron chi connectivity index (χ0n) is 18.8. The van der Waals surface area contributed by atoms with E-state index in [4.69, 9.17) is 4.74 Å². The standard InChI is InChI=1S/C22H28FN7O3/c1-12(21(31)27-14-8-7-13(14)23)20-28-18(11-19(24-2)30(20)25-3)26-15-6-5-9-29(22(15)32)16-10-17(16)33-4/h5-6,9,11,13-14,16-17,26,28H,3,7-8,10H2,1-2,4H3,(H,27,31)/b20-12+,24-19?/t13-,14-,16+,17+/m1/s1. The van der Waals surface area contributed by atoms with E-state index in [1.807, 2.05) is 0 Å². The molecule has 0 radical (unpaired) electrons. The number of hydrazone groups is 1. The number of alkyl halides is 1. The summed E-state index contributed by atoms with van der Waals surface area (Å²) < 4.78 is 20.6. The highest BCUT2D eigenvalue weighted by Gasteiger charge is 2.40. The van der Waals surface area contributed by atoms with Gasteiger partial charge in [-0.25, -0.2) is 4.39 Å². The molecule has 11 heteroatoms. The average molecular weight is 458 g/mol. The van der Waals surface area contributed by atoms with Crippen molar-refractivity contribution in [2.75, 3.05) is 19.5 Å². The monoisotopic (exact) mass is 457 g/mol. The van der Waals surface area contributed by atoms with Gasteiger partial charge in [-0.15, -0.1) is 0 Å². The number of nitrogens with one attached hydrogen (secondary N) is 3. The molecule has 0 saturated heterocycles. The number of ether oxygens (including phenoxy) is 1. The Kier molecular flexibility index (Phi) is 6.32. The molecule has 2 aliphatic carbocycles. The van der Waals surface area contributed by atoms with E-state index in [0.29, 0.717) is 36.0 Å². The zero-order chi connectivity index (χ0) is 23.7. The van der Waals surface area contributed by atoms with Crippen molar-refractivity contribution < 1.29 is 13.9 Å². The second-order valence-electron chi connectivity index (χ2n) is 8.20. The van der Waals surface area contributed by atoms with Crippen molar-refractivity contribution in [3.8, 4) is 0 Å². The number of nitrogens with zero attached hydrogens (tertiary/aromatic N) is 4. The maximum absolute atomic E-state index is 13.6. The van der Waals surface area contributed by atoms with E-state index in [-0.39, 0.29) is 23.3 Å². The first-order chi connectivity index (χ1) is 15.9. The van der Waals surface area contributed by atoms with Crippen molar-refractivity contribution in [1.29, 1.82) is 0 Å². The van der Waals surface area contributed by atoms with Crippen LogP contribution in [0.4, 0.5) is 10.1 Å². The van der Waals surface area contributed by atoms with Gasteiger partial charge < -0.3 is 25.3 Å². The highest BCUT2D eigenvalue weighted by Crippen LogP contribution is 2.37. The molecular weight excluding hydrogens is 429 g/mol. The van der Waals surface area contributed by atoms with Crippen LogP contribution in [0, 0.1) is 0 Å². The Bertz CT molecular complexity index is 1110. The lowest BCUT2D eigenvalue weighted by Crippen LogP contribution is -2.49. The number of rotatable bonds is 7. The van der Waals surface area contributed by atoms with Gasteiger partial charge in [-0.2, -0.15) is 10.1 Å². The molecule has 0 unspecified atom stereocenters. The number of amidine groups is 1. The molecule has 1 amide bonds. The van der Waals surface area contributed by atoms with Gasteiger partial charge >= 0.3 is 0 Å². The van der Waals surface area contributed by atoms with Crippen LogP contribution < -0.4 is 21.5 Å². The molecular formula is C22H28FN7O3. The maximum Gasteiger partial charge on any atom is 0.274 e. The van der Waals surface area contributed by atoms with Crippen molar-refractivity contribution in [3.63, 3.8) is 0 Å². The van der Waals surface area contributed by atoms with Gasteiger partial charge in [0.25, 0.3) is 11.5 Å². The van der Waals surface area contributed by atoms with Crippen molar-refractivity contribution in [2.24, 2.45) is 10.1 Å². The molecule has 3 aliphatic rings. The summed E-state index contributed by atoms with van der Waals surface area (Å²) in [5.41, 5.74) is 0.439. The smallest absolute Gasteiger partial charge is 0.274 e. The summed E-state index contributed by atoms with van der Waals surface area (Å²) in [5.74, 6) is 0.717. The Morgan fingerprint density at radius 1 is 1.39 bits per heavy atom. The zero-order valence-corrected chi connectivity index (χ0v) is 18.8. The number of aliphatic imine (C=N–C) groups is 1. The maximum atomic E-state index is 13.6. The summed E-state index contributed by atoms with van der Waals surface area (Å²) in [6, 6.07) is 2.98. The predicted molar refractivity (Wildman–Crippen MR) is 124 cm³/mol. The van der Waals surface area contributed by atoms with E-state index < -0.39 is 18.1 Å². The van der Waals surface area contributed by atoms with Crippen LogP contribution in [0.3, 0.4) is 0 Å². The molecule has 0 spiro atoms. The summed E-state index contributed by atoms with van der Waals surface area (Å²) in [6.07, 6.45) is 4.23. The number of anilines is 1. The Morgan fingerprint density at radius 2 is 2.18 bits per heavy atom. The number of carbonyl (C=O) groups is 1. The van der Waals surface area contributed by atoms with Crippen molar-refractivity contribution >= 4 is 24.1 Å². The van der Waals surface area contributed by atoms with Crippen LogP contribution in [0.15, 0.2) is 56.5 Å². The third-order valence-corrected chi connectivity index (χ3v) is 6.13. The molecule has 1 aromatic heterocycles. The molecule has 176 valence electrons. The lowest BCUT2D eigenvalue weighted by atomic mass is 9.90. The minimum atomic E-state index is -1.03. The lowest BCUT2D eigenvalue weighted by Gasteiger charge is -2.33. The van der Waals surface area contributed by atoms with Gasteiger partial charge in [0.05, 0.1) is 23.8 Å². The molecule has 3 N–H and O–H groups in total. The fourth-order valence-corrected chi connectivity index (χ4v) is 3.87. The number of halogens is 1. The van der Waals surface area contributed by atoms with Crippen molar-refractivity contribution in [2.45, 2.75) is 50.5 Å². The third-order valence-electron chi connectivity index (χ3n) is 6.13. The van der Waals surface area contributed by atoms with Crippen molar-refractivity contribution in [3.05, 3.63) is 52.0 Å². The van der Waals surface area contributed by atoms with Gasteiger partial charge in [-0.1, -0.05) is 0 Å². The molecule has 1 aliphatic heterocycles. The van der Waals surface area contributed by atoms with E-state index in [2.05, 4.69) is 32.8 Å². The summed E-state index contributed by atoms with van der Waals surface area (Å²) in [5, 5.41) is 14.2. The Hall–Kier alpha value is -3.47. The molecule has 1 aromatic rings. The molecule has 2 saturated carbocycles. The third kappa shape index (κ3) is 4.40. The summed E-state index contributed by atoms with van der Waals surface area (Å²) in [6.45, 7) is 5.17. The first-order valence-corrected chi connectivity index (χ1v) is 10.8. The van der Waals surface area contributed by atoms with Gasteiger partial charge in [-0.3, -0.25) is 14.6 Å². The fraction of sp³-hybridized carbons (Fsp3) is 0.455. The number of amides is 1. The summed E-state index contributed by atoms with van der Waals surface area (Å²) in [4.78, 5) is 29.9. The predicted octanol–water partition coefficient (Wildman–Crippen LogP) is 1.46. The van der Waals surface area contributed by atoms with Gasteiger partial charge in [0, 0.05) is 33.1 Å². The van der Waals surface area contributed by atoms with E-state index in [9.17, 15) is 14.0 Å². The average Bonchev–Trinajstić information content (AvgIpc) is 3.61. The normalized spacial score (nSPS) is 28.9. The van der Waals surface area contributed by atoms with Crippen LogP contribution in [0.2, 0.25) is 0 Å². The number of hydrogen-bond donors (Lipinski definition) is 3. The van der Waals surface area contributed by atoms with Gasteiger partial charge in [0.1, 0.15) is 23.5 Å². The topological polar surface area (TPSA) is 112 Å². The van der Waals surface area contributed by atoms with Gasteiger partial charge in [-0.05, 0) is 38.3 Å². The van der Waals surface area contributed by atoms with E-state index in [1.54, 1.807) is 50.1 Å². The lowest BCUT2D eigenvalue weighted by molar-refractivity contribution is -0.119. The number of hydrogen-bond acceptors (Lipinski definition) is 7. The van der Waals surface area contributed by atoms with Crippen LogP contribution in [0.25, 0.3) is 0 Å². The van der Waals surface area contributed by atoms with Crippen molar-refractivity contribution in [1.82, 2.24) is 20.2 Å². The molecule has 10 nitrogen and oxygen atoms in total. The number of aromatic nitrogens is 1. The molecule has 33 heavy (non-hydrogen) atoms. The van der Waals surface area contributed by atoms with Crippen LogP contribution in [0.1, 0.15) is 32.2 Å². The Morgan fingerprint density at radius 3 is 2.76 bits per heavy atom. The van der Waals surface area contributed by atoms with Crippen LogP contribution >= 0.6 is 0 Å². The van der Waals surface area contributed by atoms with Crippen LogP contribution in [-0.4, -0.2) is 60.5 Å². The largest absolute Gasteiger partial charge is 0.379 e. The SMILES string of the molecule is C=NN1C(=NC)C=C(Nc2cccn([C@H]3C[C@@H]3OC)c2=O)N/C1=C(/C)C(=O)N[C@@H]1CC[C@H]1F. The number of carbonyl (C=O) groups excluding carboxylic acids is 1. The second kappa shape index (κ2) is 9.18. The Balaban J connectivity index is 1.60. The Labute approximate surface area is 190 Å². The molecule has 4 rings (SSSR count). The molecule has 4 atom stereocenters. The summed E-state index contributed by atoms with van der Waals surface area (Å²) in [7, 11) is 3.21. The highest BCUT2D eigenvalue weighted by molar-refractivity contribution is 5.99. The number of pyridine rings is 1. The molecule has 0 bridgehead atoms. The molecule has 2 fully saturated rings. The molecule has 0 aromatic carbocycles. The van der Waals surface area contributed by atoms with E-state index >= 15 is 0 Å². The second-order valence-corrected chi connectivity index (χ2v) is 8.20. The minimum absolute atomic E-state index is 0.0120.